The second-order valence-corrected chi connectivity index (χ2v) is 5.79. The van der Waals surface area contributed by atoms with Crippen molar-refractivity contribution >= 4 is 0 Å². The van der Waals surface area contributed by atoms with E-state index < -0.39 is 0 Å². The summed E-state index contributed by atoms with van der Waals surface area (Å²) in [5, 5.41) is 0. The van der Waals surface area contributed by atoms with Crippen LogP contribution in [0, 0.1) is 12.8 Å². The minimum atomic E-state index is 0.231. The Kier molecular flexibility index (Phi) is 5.52. The minimum absolute atomic E-state index is 0.231. The van der Waals surface area contributed by atoms with Crippen LogP contribution < -0.4 is 5.73 Å². The van der Waals surface area contributed by atoms with E-state index in [1.165, 1.54) is 24.0 Å². The van der Waals surface area contributed by atoms with Crippen LogP contribution in [0.3, 0.4) is 0 Å². The van der Waals surface area contributed by atoms with E-state index in [0.29, 0.717) is 12.6 Å². The van der Waals surface area contributed by atoms with E-state index in [4.69, 9.17) is 10.5 Å². The molecule has 1 aliphatic carbocycles. The van der Waals surface area contributed by atoms with Crippen LogP contribution in [0.15, 0.2) is 18.5 Å². The molecule has 0 aromatic carbocycles. The first kappa shape index (κ1) is 15.4. The molecule has 0 saturated heterocycles. The number of nitrogens with zero attached hydrogens (tertiary/aromatic N) is 2. The number of hydrogen-bond donors (Lipinski definition) is 1. The fourth-order valence-electron chi connectivity index (χ4n) is 2.96. The molecule has 4 nitrogen and oxygen atoms in total. The summed E-state index contributed by atoms with van der Waals surface area (Å²) in [6.45, 7) is 6.74. The van der Waals surface area contributed by atoms with Gasteiger partial charge < -0.3 is 10.5 Å². The SMILES string of the molecule is COCCN(C(CN)c1cnccc1C)C(C)C1CC1. The number of aryl methyl sites for hydroxylation is 1. The number of rotatable bonds is 8. The van der Waals surface area contributed by atoms with Gasteiger partial charge in [0.2, 0.25) is 0 Å². The van der Waals surface area contributed by atoms with E-state index in [1.54, 1.807) is 7.11 Å². The molecule has 0 spiro atoms. The highest BCUT2D eigenvalue weighted by Crippen LogP contribution is 2.38. The molecule has 2 N–H and O–H groups in total. The van der Waals surface area contributed by atoms with Gasteiger partial charge in [0.15, 0.2) is 0 Å². The maximum atomic E-state index is 6.09. The number of ether oxygens (including phenoxy) is 1. The first-order chi connectivity index (χ1) is 9.69. The lowest BCUT2D eigenvalue weighted by molar-refractivity contribution is 0.0831. The third-order valence-electron chi connectivity index (χ3n) is 4.44. The standard InChI is InChI=1S/C16H27N3O/c1-12-6-7-18-11-15(12)16(10-17)19(8-9-20-3)13(2)14-4-5-14/h6-7,11,13-14,16H,4-5,8-10,17H2,1-3H3. The molecule has 1 aromatic heterocycles. The molecule has 4 heteroatoms. The number of hydrogen-bond acceptors (Lipinski definition) is 4. The highest BCUT2D eigenvalue weighted by atomic mass is 16.5. The Hall–Kier alpha value is -0.970. The topological polar surface area (TPSA) is 51.4 Å². The van der Waals surface area contributed by atoms with Gasteiger partial charge >= 0.3 is 0 Å². The highest BCUT2D eigenvalue weighted by molar-refractivity contribution is 5.25. The van der Waals surface area contributed by atoms with Crippen LogP contribution in [0.4, 0.5) is 0 Å². The van der Waals surface area contributed by atoms with Crippen LogP contribution in [0.5, 0.6) is 0 Å². The second-order valence-electron chi connectivity index (χ2n) is 5.79. The van der Waals surface area contributed by atoms with Crippen molar-refractivity contribution in [3.8, 4) is 0 Å². The molecule has 112 valence electrons. The molecule has 1 aliphatic rings. The fourth-order valence-corrected chi connectivity index (χ4v) is 2.96. The van der Waals surface area contributed by atoms with Crippen molar-refractivity contribution in [1.82, 2.24) is 9.88 Å². The largest absolute Gasteiger partial charge is 0.383 e. The first-order valence-corrected chi connectivity index (χ1v) is 7.54. The maximum absolute atomic E-state index is 6.09. The van der Waals surface area contributed by atoms with Gasteiger partial charge in [0.25, 0.3) is 0 Å². The molecule has 1 saturated carbocycles. The van der Waals surface area contributed by atoms with Crippen LogP contribution in [0.25, 0.3) is 0 Å². The summed E-state index contributed by atoms with van der Waals surface area (Å²) in [6, 6.07) is 2.85. The fraction of sp³-hybridized carbons (Fsp3) is 0.688. The number of pyridine rings is 1. The molecule has 1 aromatic rings. The monoisotopic (exact) mass is 277 g/mol. The van der Waals surface area contributed by atoms with Gasteiger partial charge in [-0.25, -0.2) is 0 Å². The van der Waals surface area contributed by atoms with Crippen molar-refractivity contribution in [2.24, 2.45) is 11.7 Å². The Balaban J connectivity index is 2.21. The van der Waals surface area contributed by atoms with Crippen molar-refractivity contribution < 1.29 is 4.74 Å². The van der Waals surface area contributed by atoms with Crippen molar-refractivity contribution in [3.05, 3.63) is 29.6 Å². The van der Waals surface area contributed by atoms with Gasteiger partial charge in [-0.05, 0) is 49.8 Å². The van der Waals surface area contributed by atoms with Gasteiger partial charge in [0.1, 0.15) is 0 Å². The van der Waals surface area contributed by atoms with E-state index in [0.717, 1.165) is 19.1 Å². The van der Waals surface area contributed by atoms with E-state index >= 15 is 0 Å². The predicted octanol–water partition coefficient (Wildman–Crippen LogP) is 2.14. The first-order valence-electron chi connectivity index (χ1n) is 7.54. The number of methoxy groups -OCH3 is 1. The molecule has 2 rings (SSSR count). The van der Waals surface area contributed by atoms with Gasteiger partial charge in [-0.15, -0.1) is 0 Å². The van der Waals surface area contributed by atoms with Gasteiger partial charge in [-0.3, -0.25) is 9.88 Å². The normalized spacial score (nSPS) is 18.2. The Morgan fingerprint density at radius 1 is 1.50 bits per heavy atom. The summed E-state index contributed by atoms with van der Waals surface area (Å²) in [5.74, 6) is 0.817. The molecule has 1 heterocycles. The Labute approximate surface area is 122 Å². The van der Waals surface area contributed by atoms with Gasteiger partial charge in [-0.2, -0.15) is 0 Å². The summed E-state index contributed by atoms with van der Waals surface area (Å²) >= 11 is 0. The van der Waals surface area contributed by atoms with Crippen LogP contribution in [-0.2, 0) is 4.74 Å². The molecular weight excluding hydrogens is 250 g/mol. The number of aromatic nitrogens is 1. The molecule has 1 fully saturated rings. The molecular formula is C16H27N3O. The summed E-state index contributed by atoms with van der Waals surface area (Å²) < 4.78 is 5.29. The minimum Gasteiger partial charge on any atom is -0.383 e. The Bertz CT molecular complexity index is 420. The molecule has 2 unspecified atom stereocenters. The Morgan fingerprint density at radius 3 is 2.80 bits per heavy atom. The zero-order chi connectivity index (χ0) is 14.5. The third kappa shape index (κ3) is 3.57. The van der Waals surface area contributed by atoms with Crippen molar-refractivity contribution in [2.75, 3.05) is 26.8 Å². The summed E-state index contributed by atoms with van der Waals surface area (Å²) in [5.41, 5.74) is 8.61. The molecule has 0 radical (unpaired) electrons. The molecule has 0 amide bonds. The van der Waals surface area contributed by atoms with Crippen molar-refractivity contribution in [2.45, 2.75) is 38.8 Å². The van der Waals surface area contributed by atoms with Crippen LogP contribution in [-0.4, -0.2) is 42.7 Å². The zero-order valence-corrected chi connectivity index (χ0v) is 12.9. The number of nitrogens with two attached hydrogens (primary N) is 1. The summed E-state index contributed by atoms with van der Waals surface area (Å²) in [4.78, 5) is 6.79. The van der Waals surface area contributed by atoms with Gasteiger partial charge in [-0.1, -0.05) is 0 Å². The van der Waals surface area contributed by atoms with Crippen molar-refractivity contribution in [1.29, 1.82) is 0 Å². The van der Waals surface area contributed by atoms with E-state index in [1.807, 2.05) is 12.4 Å². The van der Waals surface area contributed by atoms with E-state index in [9.17, 15) is 0 Å². The van der Waals surface area contributed by atoms with Gasteiger partial charge in [0, 0.05) is 44.7 Å². The second kappa shape index (κ2) is 7.16. The highest BCUT2D eigenvalue weighted by Gasteiger charge is 2.35. The van der Waals surface area contributed by atoms with Crippen LogP contribution in [0.1, 0.15) is 36.9 Å². The zero-order valence-electron chi connectivity index (χ0n) is 12.9. The van der Waals surface area contributed by atoms with E-state index in [2.05, 4.69) is 29.8 Å². The lowest BCUT2D eigenvalue weighted by Gasteiger charge is -2.36. The average Bonchev–Trinajstić information content (AvgIpc) is 3.28. The molecule has 20 heavy (non-hydrogen) atoms. The smallest absolute Gasteiger partial charge is 0.0590 e. The third-order valence-corrected chi connectivity index (χ3v) is 4.44. The Morgan fingerprint density at radius 2 is 2.25 bits per heavy atom. The molecule has 0 bridgehead atoms. The van der Waals surface area contributed by atoms with Gasteiger partial charge in [0.05, 0.1) is 6.61 Å². The van der Waals surface area contributed by atoms with Crippen molar-refractivity contribution in [3.63, 3.8) is 0 Å². The lowest BCUT2D eigenvalue weighted by atomic mass is 9.99. The van der Waals surface area contributed by atoms with Crippen LogP contribution in [0.2, 0.25) is 0 Å². The lowest BCUT2D eigenvalue weighted by Crippen LogP contribution is -2.43. The molecule has 2 atom stereocenters. The van der Waals surface area contributed by atoms with E-state index in [-0.39, 0.29) is 6.04 Å². The summed E-state index contributed by atoms with van der Waals surface area (Å²) in [6.07, 6.45) is 6.49. The maximum Gasteiger partial charge on any atom is 0.0590 e. The predicted molar refractivity (Wildman–Crippen MR) is 81.5 cm³/mol. The quantitative estimate of drug-likeness (QED) is 0.791. The molecule has 0 aliphatic heterocycles. The average molecular weight is 277 g/mol. The van der Waals surface area contributed by atoms with Crippen LogP contribution >= 0.6 is 0 Å². The summed E-state index contributed by atoms with van der Waals surface area (Å²) in [7, 11) is 1.76.